The summed E-state index contributed by atoms with van der Waals surface area (Å²) < 4.78 is 43.7. The molecule has 9 heteroatoms. The Hall–Kier alpha value is -3.33. The van der Waals surface area contributed by atoms with Crippen LogP contribution >= 0.6 is 0 Å². The number of benzene rings is 2. The summed E-state index contributed by atoms with van der Waals surface area (Å²) in [4.78, 5) is 11.7. The first-order valence-electron chi connectivity index (χ1n) is 8.76. The molecule has 29 heavy (non-hydrogen) atoms. The predicted molar refractivity (Wildman–Crippen MR) is 106 cm³/mol. The molecule has 0 aliphatic heterocycles. The lowest BCUT2D eigenvalue weighted by Gasteiger charge is -2.12. The Morgan fingerprint density at radius 2 is 1.86 bits per heavy atom. The summed E-state index contributed by atoms with van der Waals surface area (Å²) in [6.07, 6.45) is 0. The Bertz CT molecular complexity index is 1120. The van der Waals surface area contributed by atoms with Crippen LogP contribution in [0.4, 0.5) is 5.69 Å². The number of rotatable bonds is 7. The van der Waals surface area contributed by atoms with Gasteiger partial charge in [0.2, 0.25) is 0 Å². The van der Waals surface area contributed by atoms with Crippen molar-refractivity contribution in [2.75, 3.05) is 18.4 Å². The van der Waals surface area contributed by atoms with Crippen molar-refractivity contribution in [2.24, 2.45) is 0 Å². The maximum Gasteiger partial charge on any atom is 0.360 e. The summed E-state index contributed by atoms with van der Waals surface area (Å²) in [5.41, 5.74) is 1.85. The van der Waals surface area contributed by atoms with E-state index in [-0.39, 0.29) is 28.7 Å². The van der Waals surface area contributed by atoms with Gasteiger partial charge in [-0.3, -0.25) is 4.72 Å². The van der Waals surface area contributed by atoms with E-state index in [1.807, 2.05) is 6.92 Å². The van der Waals surface area contributed by atoms with Crippen molar-refractivity contribution >= 4 is 21.7 Å². The van der Waals surface area contributed by atoms with Gasteiger partial charge in [-0.15, -0.1) is 0 Å². The number of anilines is 1. The van der Waals surface area contributed by atoms with E-state index in [2.05, 4.69) is 9.88 Å². The fourth-order valence-electron chi connectivity index (χ4n) is 2.58. The molecule has 0 bridgehead atoms. The molecular formula is C20H20N2O6S. The molecule has 0 spiro atoms. The number of carbonyl (C=O) groups excluding carboxylic acids is 1. The van der Waals surface area contributed by atoms with E-state index in [0.717, 1.165) is 5.56 Å². The number of nitrogens with zero attached hydrogens (tertiary/aromatic N) is 1. The molecule has 0 amide bonds. The molecule has 0 fully saturated rings. The van der Waals surface area contributed by atoms with Crippen molar-refractivity contribution in [3.8, 4) is 17.1 Å². The van der Waals surface area contributed by atoms with E-state index in [9.17, 15) is 13.2 Å². The number of methoxy groups -OCH3 is 1. The van der Waals surface area contributed by atoms with E-state index < -0.39 is 16.0 Å². The zero-order chi connectivity index (χ0) is 21.0. The van der Waals surface area contributed by atoms with Gasteiger partial charge in [0.15, 0.2) is 11.5 Å². The van der Waals surface area contributed by atoms with Gasteiger partial charge >= 0.3 is 5.97 Å². The summed E-state index contributed by atoms with van der Waals surface area (Å²) in [6.45, 7) is 3.80. The Morgan fingerprint density at radius 1 is 1.14 bits per heavy atom. The van der Waals surface area contributed by atoms with Crippen LogP contribution in [0.15, 0.2) is 57.9 Å². The lowest BCUT2D eigenvalue weighted by atomic mass is 10.1. The maximum atomic E-state index is 12.9. The van der Waals surface area contributed by atoms with Gasteiger partial charge < -0.3 is 14.0 Å². The Balaban J connectivity index is 1.96. The van der Waals surface area contributed by atoms with Crippen LogP contribution in [0.5, 0.6) is 5.75 Å². The van der Waals surface area contributed by atoms with Gasteiger partial charge in [0, 0.05) is 17.3 Å². The smallest absolute Gasteiger partial charge is 0.360 e. The highest BCUT2D eigenvalue weighted by Gasteiger charge is 2.22. The van der Waals surface area contributed by atoms with Crippen molar-refractivity contribution in [2.45, 2.75) is 18.7 Å². The minimum absolute atomic E-state index is 0.000134. The van der Waals surface area contributed by atoms with Gasteiger partial charge in [0.1, 0.15) is 10.6 Å². The van der Waals surface area contributed by atoms with Gasteiger partial charge in [0.25, 0.3) is 10.0 Å². The molecule has 2 aromatic carbocycles. The van der Waals surface area contributed by atoms with Gasteiger partial charge in [-0.05, 0) is 44.2 Å². The first-order chi connectivity index (χ1) is 13.8. The third-order valence-electron chi connectivity index (χ3n) is 4.04. The number of nitrogens with one attached hydrogen (secondary N) is 1. The molecule has 1 heterocycles. The normalized spacial score (nSPS) is 11.1. The minimum Gasteiger partial charge on any atom is -0.495 e. The largest absolute Gasteiger partial charge is 0.495 e. The molecule has 152 valence electrons. The van der Waals surface area contributed by atoms with Crippen LogP contribution in [0.2, 0.25) is 0 Å². The summed E-state index contributed by atoms with van der Waals surface area (Å²) in [6, 6.07) is 12.9. The number of aryl methyl sites for hydroxylation is 1. The van der Waals surface area contributed by atoms with E-state index in [1.165, 1.54) is 25.3 Å². The van der Waals surface area contributed by atoms with Crippen LogP contribution in [0.1, 0.15) is 23.0 Å². The predicted octanol–water partition coefficient (Wildman–Crippen LogP) is 3.64. The van der Waals surface area contributed by atoms with Crippen molar-refractivity contribution in [1.29, 1.82) is 0 Å². The van der Waals surface area contributed by atoms with Crippen LogP contribution in [0.25, 0.3) is 11.3 Å². The quantitative estimate of drug-likeness (QED) is 0.586. The third kappa shape index (κ3) is 4.57. The average Bonchev–Trinajstić information content (AvgIpc) is 3.20. The van der Waals surface area contributed by atoms with E-state index in [0.29, 0.717) is 11.3 Å². The highest BCUT2D eigenvalue weighted by Crippen LogP contribution is 2.31. The van der Waals surface area contributed by atoms with E-state index in [1.54, 1.807) is 37.3 Å². The van der Waals surface area contributed by atoms with Crippen LogP contribution in [-0.4, -0.2) is 33.3 Å². The molecular weight excluding hydrogens is 396 g/mol. The Kier molecular flexibility index (Phi) is 5.88. The summed E-state index contributed by atoms with van der Waals surface area (Å²) in [7, 11) is -2.56. The molecule has 0 unspecified atom stereocenters. The van der Waals surface area contributed by atoms with Crippen molar-refractivity contribution < 1.29 is 27.2 Å². The van der Waals surface area contributed by atoms with Gasteiger partial charge in [0.05, 0.1) is 13.7 Å². The van der Waals surface area contributed by atoms with Gasteiger partial charge in [-0.1, -0.05) is 22.9 Å². The summed E-state index contributed by atoms with van der Waals surface area (Å²) >= 11 is 0. The molecule has 3 rings (SSSR count). The SMILES string of the molecule is CCOC(=O)c1cc(-c2ccc(OC)c(S(=O)(=O)Nc3ccc(C)cc3)c2)on1. The first kappa shape index (κ1) is 20.4. The molecule has 0 aliphatic rings. The standard InChI is InChI=1S/C20H20N2O6S/c1-4-27-20(23)16-12-18(28-21-16)14-7-10-17(26-3)19(11-14)29(24,25)22-15-8-5-13(2)6-9-15/h5-12,22H,4H2,1-3H3. The Morgan fingerprint density at radius 3 is 2.52 bits per heavy atom. The zero-order valence-electron chi connectivity index (χ0n) is 16.1. The van der Waals surface area contributed by atoms with Crippen LogP contribution in [-0.2, 0) is 14.8 Å². The van der Waals surface area contributed by atoms with Crippen molar-refractivity contribution in [3.05, 3.63) is 59.8 Å². The summed E-state index contributed by atoms with van der Waals surface area (Å²) in [5, 5.41) is 3.68. The second-order valence-electron chi connectivity index (χ2n) is 6.13. The molecule has 0 atom stereocenters. The highest BCUT2D eigenvalue weighted by atomic mass is 32.2. The minimum atomic E-state index is -3.95. The molecule has 0 saturated heterocycles. The van der Waals surface area contributed by atoms with E-state index in [4.69, 9.17) is 14.0 Å². The van der Waals surface area contributed by atoms with Crippen LogP contribution in [0, 0.1) is 6.92 Å². The van der Waals surface area contributed by atoms with E-state index >= 15 is 0 Å². The molecule has 0 saturated carbocycles. The van der Waals surface area contributed by atoms with Crippen molar-refractivity contribution in [3.63, 3.8) is 0 Å². The number of carbonyl (C=O) groups is 1. The fraction of sp³-hybridized carbons (Fsp3) is 0.200. The fourth-order valence-corrected chi connectivity index (χ4v) is 3.84. The lowest BCUT2D eigenvalue weighted by Crippen LogP contribution is -2.14. The second-order valence-corrected chi connectivity index (χ2v) is 7.78. The first-order valence-corrected chi connectivity index (χ1v) is 10.2. The molecule has 1 aromatic heterocycles. The third-order valence-corrected chi connectivity index (χ3v) is 5.44. The zero-order valence-corrected chi connectivity index (χ0v) is 16.9. The van der Waals surface area contributed by atoms with Crippen LogP contribution in [0.3, 0.4) is 0 Å². The molecule has 3 aromatic rings. The number of aromatic nitrogens is 1. The van der Waals surface area contributed by atoms with Gasteiger partial charge in [-0.25, -0.2) is 13.2 Å². The number of esters is 1. The topological polar surface area (TPSA) is 108 Å². The number of sulfonamides is 1. The molecule has 0 aliphatic carbocycles. The number of hydrogen-bond acceptors (Lipinski definition) is 7. The number of hydrogen-bond donors (Lipinski definition) is 1. The van der Waals surface area contributed by atoms with Gasteiger partial charge in [-0.2, -0.15) is 0 Å². The number of ether oxygens (including phenoxy) is 2. The lowest BCUT2D eigenvalue weighted by molar-refractivity contribution is 0.0514. The molecule has 1 N–H and O–H groups in total. The maximum absolute atomic E-state index is 12.9. The molecule has 0 radical (unpaired) electrons. The highest BCUT2D eigenvalue weighted by molar-refractivity contribution is 7.92. The second kappa shape index (κ2) is 8.36. The Labute approximate surface area is 168 Å². The molecule has 8 nitrogen and oxygen atoms in total. The monoisotopic (exact) mass is 416 g/mol. The van der Waals surface area contributed by atoms with Crippen LogP contribution < -0.4 is 9.46 Å². The van der Waals surface area contributed by atoms with Crippen molar-refractivity contribution in [1.82, 2.24) is 5.16 Å². The summed E-state index contributed by atoms with van der Waals surface area (Å²) in [5.74, 6) is -0.231. The average molecular weight is 416 g/mol.